The van der Waals surface area contributed by atoms with Gasteiger partial charge in [-0.05, 0) is 5.56 Å². The molecule has 0 atom stereocenters. The van der Waals surface area contributed by atoms with Crippen LogP contribution in [0.5, 0.6) is 0 Å². The van der Waals surface area contributed by atoms with E-state index in [2.05, 4.69) is 0 Å². The van der Waals surface area contributed by atoms with Crippen LogP contribution in [-0.4, -0.2) is 36.2 Å². The molecule has 6 nitrogen and oxygen atoms in total. The Labute approximate surface area is 130 Å². The molecule has 0 spiro atoms. The zero-order valence-electron chi connectivity index (χ0n) is 11.7. The smallest absolute Gasteiger partial charge is 0.337 e. The Morgan fingerprint density at radius 3 is 1.65 bits per heavy atom. The zero-order chi connectivity index (χ0) is 17.0. The number of aromatic carboxylic acids is 1. The molecule has 2 rings (SSSR count). The van der Waals surface area contributed by atoms with Crippen molar-refractivity contribution in [1.29, 1.82) is 0 Å². The predicted molar refractivity (Wildman–Crippen MR) is 80.4 cm³/mol. The van der Waals surface area contributed by atoms with Gasteiger partial charge in [-0.15, -0.1) is 0 Å². The molecular weight excluding hydrogens is 300 g/mol. The van der Waals surface area contributed by atoms with Crippen LogP contribution in [0.4, 0.5) is 0 Å². The fourth-order valence-corrected chi connectivity index (χ4v) is 2.45. The fourth-order valence-electron chi connectivity index (χ4n) is 2.45. The van der Waals surface area contributed by atoms with Gasteiger partial charge in [0.25, 0.3) is 0 Å². The third-order valence-electron chi connectivity index (χ3n) is 3.41. The van der Waals surface area contributed by atoms with Gasteiger partial charge in [-0.3, -0.25) is 19.2 Å². The van der Waals surface area contributed by atoms with Gasteiger partial charge in [0.15, 0.2) is 25.1 Å². The van der Waals surface area contributed by atoms with E-state index in [1.807, 2.05) is 0 Å². The van der Waals surface area contributed by atoms with Gasteiger partial charge in [0.1, 0.15) is 0 Å². The van der Waals surface area contributed by atoms with Crippen LogP contribution < -0.4 is 0 Å². The number of hydrogen-bond donors (Lipinski definition) is 1. The Hall–Kier alpha value is -3.41. The van der Waals surface area contributed by atoms with E-state index in [1.165, 1.54) is 0 Å². The average molecular weight is 310 g/mol. The van der Waals surface area contributed by atoms with Crippen LogP contribution in [0.1, 0.15) is 51.8 Å². The van der Waals surface area contributed by atoms with Crippen LogP contribution in [0.2, 0.25) is 0 Å². The van der Waals surface area contributed by atoms with E-state index in [-0.39, 0.29) is 35.5 Å². The Balaban J connectivity index is 3.13. The lowest BCUT2D eigenvalue weighted by Crippen LogP contribution is -2.14. The average Bonchev–Trinajstić information content (AvgIpc) is 2.59. The fraction of sp³-hybridized carbons (Fsp3) is 0. The molecule has 114 valence electrons. The predicted octanol–water partition coefficient (Wildman–Crippen LogP) is 2.30. The number of hydrogen-bond acceptors (Lipinski definition) is 5. The normalized spacial score (nSPS) is 9.91. The highest BCUT2D eigenvalue weighted by Gasteiger charge is 2.27. The van der Waals surface area contributed by atoms with Gasteiger partial charge < -0.3 is 5.11 Å². The van der Waals surface area contributed by atoms with Gasteiger partial charge in [-0.25, -0.2) is 4.79 Å². The van der Waals surface area contributed by atoms with Gasteiger partial charge >= 0.3 is 5.97 Å². The number of rotatable bonds is 6. The van der Waals surface area contributed by atoms with Crippen molar-refractivity contribution >= 4 is 31.1 Å². The third kappa shape index (κ3) is 2.57. The maximum Gasteiger partial charge on any atom is 0.337 e. The number of benzene rings is 2. The lowest BCUT2D eigenvalue weighted by Gasteiger charge is -2.16. The van der Waals surface area contributed by atoms with E-state index in [4.69, 9.17) is 0 Å². The Kier molecular flexibility index (Phi) is 4.56. The van der Waals surface area contributed by atoms with Crippen molar-refractivity contribution in [2.24, 2.45) is 0 Å². The summed E-state index contributed by atoms with van der Waals surface area (Å²) in [6.07, 6.45) is 0.960. The molecule has 6 heteroatoms. The molecule has 1 N–H and O–H groups in total. The molecule has 0 saturated carbocycles. The van der Waals surface area contributed by atoms with Crippen molar-refractivity contribution < 1.29 is 29.1 Å². The monoisotopic (exact) mass is 310 g/mol. The van der Waals surface area contributed by atoms with Crippen LogP contribution in [0, 0.1) is 0 Å². The maximum absolute atomic E-state index is 11.6. The van der Waals surface area contributed by atoms with E-state index in [1.54, 1.807) is 30.3 Å². The minimum atomic E-state index is -1.48. The first-order chi connectivity index (χ1) is 11.1. The maximum atomic E-state index is 11.6. The molecule has 0 aliphatic heterocycles. The topological polar surface area (TPSA) is 106 Å². The van der Waals surface area contributed by atoms with Crippen LogP contribution in [0.15, 0.2) is 30.3 Å². The van der Waals surface area contributed by atoms with E-state index in [0.717, 1.165) is 0 Å². The van der Waals surface area contributed by atoms with E-state index < -0.39 is 22.7 Å². The minimum Gasteiger partial charge on any atom is -0.478 e. The van der Waals surface area contributed by atoms with Crippen molar-refractivity contribution in [3.8, 4) is 11.1 Å². The number of carboxylic acid groups (broad SMARTS) is 1. The number of aldehydes is 4. The molecule has 0 bridgehead atoms. The summed E-state index contributed by atoms with van der Waals surface area (Å²) >= 11 is 0. The molecule has 0 radical (unpaired) electrons. The summed E-state index contributed by atoms with van der Waals surface area (Å²) in [5.74, 6) is -1.48. The highest BCUT2D eigenvalue weighted by molar-refractivity contribution is 6.15. The van der Waals surface area contributed by atoms with Crippen molar-refractivity contribution in [1.82, 2.24) is 0 Å². The highest BCUT2D eigenvalue weighted by Crippen LogP contribution is 2.33. The number of carboxylic acids is 1. The molecule has 0 amide bonds. The summed E-state index contributed by atoms with van der Waals surface area (Å²) in [5.41, 5.74) is -1.59. The second-order valence-electron chi connectivity index (χ2n) is 4.55. The van der Waals surface area contributed by atoms with Gasteiger partial charge in [-0.2, -0.15) is 0 Å². The minimum absolute atomic E-state index is 0.0668. The van der Waals surface area contributed by atoms with E-state index in [0.29, 0.717) is 11.8 Å². The summed E-state index contributed by atoms with van der Waals surface area (Å²) in [5, 5.41) is 9.46. The molecule has 0 unspecified atom stereocenters. The highest BCUT2D eigenvalue weighted by atomic mass is 16.4. The lowest BCUT2D eigenvalue weighted by molar-refractivity contribution is 0.0694. The SMILES string of the molecule is O=Cc1c(C=O)c(C=O)c(-c2ccccc2)c(C(=O)O)c1C=O. The molecule has 2 aromatic rings. The van der Waals surface area contributed by atoms with Crippen LogP contribution in [-0.2, 0) is 0 Å². The third-order valence-corrected chi connectivity index (χ3v) is 3.41. The molecule has 23 heavy (non-hydrogen) atoms. The Morgan fingerprint density at radius 2 is 1.22 bits per heavy atom. The molecule has 2 aromatic carbocycles. The Morgan fingerprint density at radius 1 is 0.739 bits per heavy atom. The zero-order valence-corrected chi connectivity index (χ0v) is 11.7. The molecular formula is C17H10O6. The van der Waals surface area contributed by atoms with E-state index >= 15 is 0 Å². The lowest BCUT2D eigenvalue weighted by atomic mass is 9.85. The summed E-state index contributed by atoms with van der Waals surface area (Å²) in [4.78, 5) is 57.0. The van der Waals surface area contributed by atoms with E-state index in [9.17, 15) is 29.1 Å². The second-order valence-corrected chi connectivity index (χ2v) is 4.55. The van der Waals surface area contributed by atoms with Crippen molar-refractivity contribution in [2.75, 3.05) is 0 Å². The van der Waals surface area contributed by atoms with Gasteiger partial charge in [-0.1, -0.05) is 30.3 Å². The summed E-state index contributed by atoms with van der Waals surface area (Å²) in [7, 11) is 0. The second kappa shape index (κ2) is 6.57. The van der Waals surface area contributed by atoms with Gasteiger partial charge in [0, 0.05) is 27.8 Å². The van der Waals surface area contributed by atoms with Crippen molar-refractivity contribution in [3.05, 3.63) is 58.1 Å². The van der Waals surface area contributed by atoms with Crippen LogP contribution in [0.3, 0.4) is 0 Å². The molecule has 0 heterocycles. The molecule has 0 aliphatic carbocycles. The summed E-state index contributed by atoms with van der Waals surface area (Å²) < 4.78 is 0. The molecule has 0 aromatic heterocycles. The molecule has 0 saturated heterocycles. The largest absolute Gasteiger partial charge is 0.478 e. The number of carbonyl (C=O) groups excluding carboxylic acids is 4. The number of carbonyl (C=O) groups is 5. The van der Waals surface area contributed by atoms with Gasteiger partial charge in [0.05, 0.1) is 5.56 Å². The first-order valence-electron chi connectivity index (χ1n) is 6.44. The van der Waals surface area contributed by atoms with Crippen molar-refractivity contribution in [3.63, 3.8) is 0 Å². The summed E-state index contributed by atoms with van der Waals surface area (Å²) in [6.45, 7) is 0. The van der Waals surface area contributed by atoms with Gasteiger partial charge in [0.2, 0.25) is 0 Å². The first kappa shape index (κ1) is 16.0. The Bertz CT molecular complexity index is 821. The van der Waals surface area contributed by atoms with Crippen LogP contribution >= 0.6 is 0 Å². The quantitative estimate of drug-likeness (QED) is 0.821. The summed E-state index contributed by atoms with van der Waals surface area (Å²) in [6, 6.07) is 8.00. The van der Waals surface area contributed by atoms with Crippen molar-refractivity contribution in [2.45, 2.75) is 0 Å². The van der Waals surface area contributed by atoms with Crippen LogP contribution in [0.25, 0.3) is 11.1 Å². The standard InChI is InChI=1S/C17H10O6/c18-6-11-12(7-19)14(9-21)16(17(22)23)15(13(11)8-20)10-4-2-1-3-5-10/h1-9H,(H,22,23). The first-order valence-corrected chi connectivity index (χ1v) is 6.44. The molecule has 0 fully saturated rings. The molecule has 0 aliphatic rings.